The Hall–Kier alpha value is -1.69. The number of alkyl carbamates (subject to hydrolysis) is 1. The zero-order chi connectivity index (χ0) is 16.0. The van der Waals surface area contributed by atoms with E-state index in [4.69, 9.17) is 4.74 Å². The molecular formula is C16H26N4O2. The Bertz CT molecular complexity index is 465. The van der Waals surface area contributed by atoms with Crippen molar-refractivity contribution in [2.24, 2.45) is 0 Å². The molecule has 1 amide bonds. The number of nitrogens with one attached hydrogen (secondary N) is 2. The lowest BCUT2D eigenvalue weighted by Crippen LogP contribution is -2.43. The quantitative estimate of drug-likeness (QED) is 0.893. The predicted molar refractivity (Wildman–Crippen MR) is 84.3 cm³/mol. The van der Waals surface area contributed by atoms with Gasteiger partial charge in [-0.1, -0.05) is 0 Å². The molecule has 0 atom stereocenters. The highest BCUT2D eigenvalue weighted by molar-refractivity contribution is 5.68. The molecule has 1 heterocycles. The van der Waals surface area contributed by atoms with Crippen LogP contribution in [0.25, 0.3) is 0 Å². The van der Waals surface area contributed by atoms with E-state index in [0.29, 0.717) is 6.04 Å². The minimum Gasteiger partial charge on any atom is -0.444 e. The second kappa shape index (κ2) is 7.54. The number of rotatable bonds is 4. The Labute approximate surface area is 132 Å². The fourth-order valence-corrected chi connectivity index (χ4v) is 2.59. The minimum absolute atomic E-state index is 0.212. The molecule has 1 aromatic heterocycles. The molecule has 122 valence electrons. The Morgan fingerprint density at radius 2 is 1.91 bits per heavy atom. The molecule has 0 bridgehead atoms. The van der Waals surface area contributed by atoms with Crippen LogP contribution in [0.15, 0.2) is 18.6 Å². The van der Waals surface area contributed by atoms with Gasteiger partial charge in [-0.3, -0.25) is 9.97 Å². The molecule has 0 spiro atoms. The second-order valence-corrected chi connectivity index (χ2v) is 6.77. The van der Waals surface area contributed by atoms with Crippen LogP contribution in [0.3, 0.4) is 0 Å². The molecule has 0 aromatic carbocycles. The van der Waals surface area contributed by atoms with Gasteiger partial charge in [-0.25, -0.2) is 4.79 Å². The van der Waals surface area contributed by atoms with E-state index >= 15 is 0 Å². The Balaban J connectivity index is 1.66. The van der Waals surface area contributed by atoms with Crippen molar-refractivity contribution in [1.29, 1.82) is 0 Å². The smallest absolute Gasteiger partial charge is 0.407 e. The Morgan fingerprint density at radius 1 is 1.23 bits per heavy atom. The van der Waals surface area contributed by atoms with Crippen LogP contribution < -0.4 is 10.6 Å². The minimum atomic E-state index is -0.445. The molecule has 22 heavy (non-hydrogen) atoms. The van der Waals surface area contributed by atoms with Gasteiger partial charge in [0.2, 0.25) is 0 Å². The maximum absolute atomic E-state index is 11.8. The third kappa shape index (κ3) is 5.97. The number of carbonyl (C=O) groups excluding carboxylic acids is 1. The number of hydrogen-bond acceptors (Lipinski definition) is 5. The van der Waals surface area contributed by atoms with Crippen LogP contribution in [0.4, 0.5) is 4.79 Å². The van der Waals surface area contributed by atoms with Crippen LogP contribution in [0.5, 0.6) is 0 Å². The first-order valence-electron chi connectivity index (χ1n) is 7.90. The highest BCUT2D eigenvalue weighted by Gasteiger charge is 2.24. The standard InChI is InChI=1S/C16H26N4O2/c1-16(2,3)22-15(21)20-13-6-4-12(5-7-13)19-11-14-10-17-8-9-18-14/h8-10,12-13,19H,4-7,11H2,1-3H3,(H,20,21). The van der Waals surface area contributed by atoms with Crippen molar-refractivity contribution in [3.05, 3.63) is 24.3 Å². The zero-order valence-electron chi connectivity index (χ0n) is 13.6. The maximum atomic E-state index is 11.8. The topological polar surface area (TPSA) is 76.1 Å². The van der Waals surface area contributed by atoms with Crippen molar-refractivity contribution in [2.75, 3.05) is 0 Å². The molecule has 1 fully saturated rings. The SMILES string of the molecule is CC(C)(C)OC(=O)NC1CCC(NCc2cnccn2)CC1. The number of aromatic nitrogens is 2. The third-order valence-corrected chi connectivity index (χ3v) is 3.64. The van der Waals surface area contributed by atoms with Crippen molar-refractivity contribution in [3.63, 3.8) is 0 Å². The van der Waals surface area contributed by atoms with Gasteiger partial charge in [0.25, 0.3) is 0 Å². The molecule has 1 saturated carbocycles. The second-order valence-electron chi connectivity index (χ2n) is 6.77. The zero-order valence-corrected chi connectivity index (χ0v) is 13.6. The largest absolute Gasteiger partial charge is 0.444 e. The maximum Gasteiger partial charge on any atom is 0.407 e. The van der Waals surface area contributed by atoms with Gasteiger partial charge < -0.3 is 15.4 Å². The highest BCUT2D eigenvalue weighted by atomic mass is 16.6. The monoisotopic (exact) mass is 306 g/mol. The first kappa shape index (κ1) is 16.7. The molecule has 2 N–H and O–H groups in total. The van der Waals surface area contributed by atoms with Gasteiger partial charge in [-0.05, 0) is 46.5 Å². The average molecular weight is 306 g/mol. The summed E-state index contributed by atoms with van der Waals surface area (Å²) >= 11 is 0. The number of amides is 1. The van der Waals surface area contributed by atoms with E-state index in [1.165, 1.54) is 0 Å². The first-order valence-corrected chi connectivity index (χ1v) is 7.90. The molecule has 0 radical (unpaired) electrons. The molecule has 1 aliphatic rings. The molecule has 1 aromatic rings. The van der Waals surface area contributed by atoms with Crippen molar-refractivity contribution in [1.82, 2.24) is 20.6 Å². The fourth-order valence-electron chi connectivity index (χ4n) is 2.59. The molecule has 0 saturated heterocycles. The van der Waals surface area contributed by atoms with E-state index in [0.717, 1.165) is 37.9 Å². The summed E-state index contributed by atoms with van der Waals surface area (Å²) in [5.41, 5.74) is 0.510. The molecule has 0 unspecified atom stereocenters. The van der Waals surface area contributed by atoms with E-state index in [1.54, 1.807) is 18.6 Å². The predicted octanol–water partition coefficient (Wildman–Crippen LogP) is 2.40. The molecular weight excluding hydrogens is 280 g/mol. The van der Waals surface area contributed by atoms with Crippen molar-refractivity contribution in [2.45, 2.75) is 70.7 Å². The number of nitrogens with zero attached hydrogens (tertiary/aromatic N) is 2. The molecule has 1 aliphatic carbocycles. The number of hydrogen-bond donors (Lipinski definition) is 2. The first-order chi connectivity index (χ1) is 10.4. The van der Waals surface area contributed by atoms with Gasteiger partial charge in [-0.2, -0.15) is 0 Å². The van der Waals surface area contributed by atoms with E-state index in [-0.39, 0.29) is 12.1 Å². The van der Waals surface area contributed by atoms with E-state index in [9.17, 15) is 4.79 Å². The van der Waals surface area contributed by atoms with Crippen molar-refractivity contribution >= 4 is 6.09 Å². The van der Waals surface area contributed by atoms with Crippen molar-refractivity contribution in [3.8, 4) is 0 Å². The highest BCUT2D eigenvalue weighted by Crippen LogP contribution is 2.19. The van der Waals surface area contributed by atoms with Gasteiger partial charge in [0, 0.05) is 37.2 Å². The van der Waals surface area contributed by atoms with E-state index < -0.39 is 5.60 Å². The summed E-state index contributed by atoms with van der Waals surface area (Å²) in [5.74, 6) is 0. The summed E-state index contributed by atoms with van der Waals surface area (Å²) < 4.78 is 5.29. The summed E-state index contributed by atoms with van der Waals surface area (Å²) in [6.45, 7) is 6.36. The van der Waals surface area contributed by atoms with Crippen LogP contribution >= 0.6 is 0 Å². The summed E-state index contributed by atoms with van der Waals surface area (Å²) in [6, 6.07) is 0.683. The van der Waals surface area contributed by atoms with E-state index in [1.807, 2.05) is 20.8 Å². The lowest BCUT2D eigenvalue weighted by Gasteiger charge is -2.30. The van der Waals surface area contributed by atoms with Crippen LogP contribution in [0.2, 0.25) is 0 Å². The molecule has 6 heteroatoms. The summed E-state index contributed by atoms with van der Waals surface area (Å²) in [5, 5.41) is 6.46. The normalized spacial score (nSPS) is 22.1. The van der Waals surface area contributed by atoms with Crippen LogP contribution in [-0.2, 0) is 11.3 Å². The molecule has 6 nitrogen and oxygen atoms in total. The van der Waals surface area contributed by atoms with Gasteiger partial charge in [0.15, 0.2) is 0 Å². The number of carbonyl (C=O) groups is 1. The average Bonchev–Trinajstić information content (AvgIpc) is 2.45. The van der Waals surface area contributed by atoms with Gasteiger partial charge in [0.1, 0.15) is 5.60 Å². The van der Waals surface area contributed by atoms with Crippen LogP contribution in [-0.4, -0.2) is 33.7 Å². The van der Waals surface area contributed by atoms with Gasteiger partial charge >= 0.3 is 6.09 Å². The summed E-state index contributed by atoms with van der Waals surface area (Å²) in [4.78, 5) is 20.1. The van der Waals surface area contributed by atoms with E-state index in [2.05, 4.69) is 20.6 Å². The van der Waals surface area contributed by atoms with Crippen molar-refractivity contribution < 1.29 is 9.53 Å². The lowest BCUT2D eigenvalue weighted by atomic mass is 9.91. The van der Waals surface area contributed by atoms with Gasteiger partial charge in [-0.15, -0.1) is 0 Å². The number of ether oxygens (including phenoxy) is 1. The summed E-state index contributed by atoms with van der Waals surface area (Å²) in [6.07, 6.45) is 8.87. The summed E-state index contributed by atoms with van der Waals surface area (Å²) in [7, 11) is 0. The lowest BCUT2D eigenvalue weighted by molar-refractivity contribution is 0.0489. The van der Waals surface area contributed by atoms with Crippen LogP contribution in [0.1, 0.15) is 52.1 Å². The third-order valence-electron chi connectivity index (χ3n) is 3.64. The van der Waals surface area contributed by atoms with Gasteiger partial charge in [0.05, 0.1) is 5.69 Å². The molecule has 2 rings (SSSR count). The fraction of sp³-hybridized carbons (Fsp3) is 0.688. The molecule has 0 aliphatic heterocycles. The Kier molecular flexibility index (Phi) is 5.71. The Morgan fingerprint density at radius 3 is 2.50 bits per heavy atom. The van der Waals surface area contributed by atoms with Crippen LogP contribution in [0, 0.1) is 0 Å².